The van der Waals surface area contributed by atoms with E-state index in [1.807, 2.05) is 30.3 Å². The largest absolute Gasteiger partial charge is 0.481 e. The summed E-state index contributed by atoms with van der Waals surface area (Å²) in [6.45, 7) is 2.11. The maximum absolute atomic E-state index is 12.2. The molecule has 0 aromatic heterocycles. The number of carboxylic acids is 2. The minimum atomic E-state index is -0.831. The van der Waals surface area contributed by atoms with Gasteiger partial charge in [-0.3, -0.25) is 9.59 Å². The molecular formula is C19H26O4. The van der Waals surface area contributed by atoms with E-state index < -0.39 is 23.3 Å². The van der Waals surface area contributed by atoms with Gasteiger partial charge in [-0.15, -0.1) is 0 Å². The summed E-state index contributed by atoms with van der Waals surface area (Å²) in [5.41, 5.74) is 0.236. The summed E-state index contributed by atoms with van der Waals surface area (Å²) in [7, 11) is 0. The van der Waals surface area contributed by atoms with Crippen LogP contribution in [0.25, 0.3) is 0 Å². The first kappa shape index (κ1) is 17.5. The van der Waals surface area contributed by atoms with Crippen molar-refractivity contribution in [2.45, 2.75) is 57.8 Å². The number of unbranched alkanes of at least 4 members (excludes halogenated alkanes) is 1. The Kier molecular flexibility index (Phi) is 5.80. The summed E-state index contributed by atoms with van der Waals surface area (Å²) in [6, 6.07) is 9.86. The standard InChI is InChI=1S/C19H26O4/c1-2-3-9-16(14-7-5-4-6-8-14)19(18(22)23)12-10-15(11-13-19)17(20)21/h4-8,15-16H,2-3,9-13H2,1H3,(H,20,21)(H,22,23). The van der Waals surface area contributed by atoms with Crippen LogP contribution in [-0.4, -0.2) is 22.2 Å². The predicted molar refractivity (Wildman–Crippen MR) is 88.4 cm³/mol. The molecular weight excluding hydrogens is 292 g/mol. The fourth-order valence-electron chi connectivity index (χ4n) is 3.95. The van der Waals surface area contributed by atoms with Gasteiger partial charge in [0.1, 0.15) is 0 Å². The third kappa shape index (κ3) is 3.74. The quantitative estimate of drug-likeness (QED) is 0.785. The molecule has 4 nitrogen and oxygen atoms in total. The molecule has 2 rings (SSSR count). The molecule has 1 saturated carbocycles. The van der Waals surface area contributed by atoms with Crippen LogP contribution in [-0.2, 0) is 9.59 Å². The van der Waals surface area contributed by atoms with E-state index in [2.05, 4.69) is 6.92 Å². The van der Waals surface area contributed by atoms with Crippen LogP contribution in [0.5, 0.6) is 0 Å². The minimum absolute atomic E-state index is 0.0455. The lowest BCUT2D eigenvalue weighted by molar-refractivity contribution is -0.157. The molecule has 1 aliphatic carbocycles. The zero-order valence-electron chi connectivity index (χ0n) is 13.7. The van der Waals surface area contributed by atoms with E-state index in [1.165, 1.54) is 0 Å². The molecule has 1 unspecified atom stereocenters. The van der Waals surface area contributed by atoms with E-state index in [9.17, 15) is 19.8 Å². The van der Waals surface area contributed by atoms with Crippen molar-refractivity contribution in [1.82, 2.24) is 0 Å². The zero-order chi connectivity index (χ0) is 16.9. The Hall–Kier alpha value is -1.84. The van der Waals surface area contributed by atoms with Crippen molar-refractivity contribution in [3.63, 3.8) is 0 Å². The Balaban J connectivity index is 2.32. The van der Waals surface area contributed by atoms with E-state index in [0.29, 0.717) is 25.7 Å². The highest BCUT2D eigenvalue weighted by atomic mass is 16.4. The van der Waals surface area contributed by atoms with Gasteiger partial charge in [0.05, 0.1) is 11.3 Å². The number of carbonyl (C=O) groups is 2. The Morgan fingerprint density at radius 1 is 1.17 bits per heavy atom. The summed E-state index contributed by atoms with van der Waals surface area (Å²) in [4.78, 5) is 23.4. The normalized spacial score (nSPS) is 25.7. The van der Waals surface area contributed by atoms with Crippen LogP contribution in [0.2, 0.25) is 0 Å². The maximum Gasteiger partial charge on any atom is 0.310 e. The van der Waals surface area contributed by atoms with E-state index in [0.717, 1.165) is 24.8 Å². The monoisotopic (exact) mass is 318 g/mol. The highest BCUT2D eigenvalue weighted by Gasteiger charge is 2.49. The third-order valence-corrected chi connectivity index (χ3v) is 5.37. The van der Waals surface area contributed by atoms with E-state index >= 15 is 0 Å². The predicted octanol–water partition coefficient (Wildman–Crippen LogP) is 4.31. The summed E-state index contributed by atoms with van der Waals surface area (Å²) < 4.78 is 0. The molecule has 1 fully saturated rings. The molecule has 1 atom stereocenters. The molecule has 0 radical (unpaired) electrons. The van der Waals surface area contributed by atoms with Gasteiger partial charge < -0.3 is 10.2 Å². The number of hydrogen-bond acceptors (Lipinski definition) is 2. The lowest BCUT2D eigenvalue weighted by atomic mass is 9.60. The minimum Gasteiger partial charge on any atom is -0.481 e. The van der Waals surface area contributed by atoms with Crippen LogP contribution in [0.1, 0.15) is 63.4 Å². The second-order valence-corrected chi connectivity index (χ2v) is 6.68. The van der Waals surface area contributed by atoms with Gasteiger partial charge in [-0.25, -0.2) is 0 Å². The molecule has 0 aliphatic heterocycles. The lowest BCUT2D eigenvalue weighted by Crippen LogP contribution is -2.42. The average molecular weight is 318 g/mol. The van der Waals surface area contributed by atoms with Gasteiger partial charge in [-0.05, 0) is 43.6 Å². The molecule has 0 spiro atoms. The number of hydrogen-bond donors (Lipinski definition) is 2. The molecule has 0 saturated heterocycles. The van der Waals surface area contributed by atoms with Crippen molar-refractivity contribution in [3.8, 4) is 0 Å². The fraction of sp³-hybridized carbons (Fsp3) is 0.579. The van der Waals surface area contributed by atoms with Crippen LogP contribution in [0, 0.1) is 11.3 Å². The molecule has 1 aromatic rings. The first-order valence-electron chi connectivity index (χ1n) is 8.52. The van der Waals surface area contributed by atoms with Crippen LogP contribution >= 0.6 is 0 Å². The Morgan fingerprint density at radius 3 is 2.26 bits per heavy atom. The van der Waals surface area contributed by atoms with Gasteiger partial charge in [-0.1, -0.05) is 50.1 Å². The van der Waals surface area contributed by atoms with Gasteiger partial charge in [-0.2, -0.15) is 0 Å². The molecule has 0 bridgehead atoms. The van der Waals surface area contributed by atoms with Gasteiger partial charge in [0.15, 0.2) is 0 Å². The van der Waals surface area contributed by atoms with Gasteiger partial charge in [0, 0.05) is 0 Å². The number of benzene rings is 1. The highest BCUT2D eigenvalue weighted by molar-refractivity contribution is 5.77. The van der Waals surface area contributed by atoms with Crippen molar-refractivity contribution >= 4 is 11.9 Å². The first-order valence-corrected chi connectivity index (χ1v) is 8.52. The van der Waals surface area contributed by atoms with Crippen LogP contribution in [0.15, 0.2) is 30.3 Å². The topological polar surface area (TPSA) is 74.6 Å². The molecule has 23 heavy (non-hydrogen) atoms. The summed E-state index contributed by atoms with van der Waals surface area (Å²) in [5, 5.41) is 19.2. The molecule has 0 heterocycles. The first-order chi connectivity index (χ1) is 11.0. The molecule has 1 aromatic carbocycles. The van der Waals surface area contributed by atoms with Crippen molar-refractivity contribution in [2.24, 2.45) is 11.3 Å². The maximum atomic E-state index is 12.2. The fourth-order valence-corrected chi connectivity index (χ4v) is 3.95. The van der Waals surface area contributed by atoms with E-state index in [-0.39, 0.29) is 5.92 Å². The smallest absolute Gasteiger partial charge is 0.310 e. The molecule has 1 aliphatic rings. The van der Waals surface area contributed by atoms with Gasteiger partial charge >= 0.3 is 11.9 Å². The second kappa shape index (κ2) is 7.62. The van der Waals surface area contributed by atoms with Crippen molar-refractivity contribution in [1.29, 1.82) is 0 Å². The van der Waals surface area contributed by atoms with Crippen molar-refractivity contribution in [3.05, 3.63) is 35.9 Å². The molecule has 0 amide bonds. The SMILES string of the molecule is CCCCC(c1ccccc1)C1(C(=O)O)CCC(C(=O)O)CC1. The molecule has 4 heteroatoms. The second-order valence-electron chi connectivity index (χ2n) is 6.68. The molecule has 126 valence electrons. The summed E-state index contributed by atoms with van der Waals surface area (Å²) >= 11 is 0. The van der Waals surface area contributed by atoms with Crippen molar-refractivity contribution < 1.29 is 19.8 Å². The number of rotatable bonds is 7. The van der Waals surface area contributed by atoms with Crippen molar-refractivity contribution in [2.75, 3.05) is 0 Å². The summed E-state index contributed by atoms with van der Waals surface area (Å²) in [6.07, 6.45) is 4.65. The Labute approximate surface area is 137 Å². The van der Waals surface area contributed by atoms with Crippen LogP contribution < -0.4 is 0 Å². The Bertz CT molecular complexity index is 530. The highest BCUT2D eigenvalue weighted by Crippen LogP contribution is 2.51. The van der Waals surface area contributed by atoms with Gasteiger partial charge in [0.2, 0.25) is 0 Å². The molecule has 2 N–H and O–H groups in total. The van der Waals surface area contributed by atoms with E-state index in [1.54, 1.807) is 0 Å². The zero-order valence-corrected chi connectivity index (χ0v) is 13.7. The van der Waals surface area contributed by atoms with Crippen LogP contribution in [0.3, 0.4) is 0 Å². The number of aliphatic carboxylic acids is 2. The third-order valence-electron chi connectivity index (χ3n) is 5.37. The Morgan fingerprint density at radius 2 is 1.78 bits per heavy atom. The van der Waals surface area contributed by atoms with E-state index in [4.69, 9.17) is 0 Å². The summed E-state index contributed by atoms with van der Waals surface area (Å²) in [5.74, 6) is -2.01. The number of carboxylic acid groups (broad SMARTS) is 2. The van der Waals surface area contributed by atoms with Crippen LogP contribution in [0.4, 0.5) is 0 Å². The van der Waals surface area contributed by atoms with Gasteiger partial charge in [0.25, 0.3) is 0 Å². The lowest BCUT2D eigenvalue weighted by Gasteiger charge is -2.42. The average Bonchev–Trinajstić information content (AvgIpc) is 2.56.